The van der Waals surface area contributed by atoms with Gasteiger partial charge >= 0.3 is 5.97 Å². The van der Waals surface area contributed by atoms with Crippen LogP contribution in [0.2, 0.25) is 0 Å². The first kappa shape index (κ1) is 22.2. The van der Waals surface area contributed by atoms with Crippen molar-refractivity contribution in [2.24, 2.45) is 0 Å². The van der Waals surface area contributed by atoms with Crippen LogP contribution in [0.5, 0.6) is 11.5 Å². The third-order valence-electron chi connectivity index (χ3n) is 5.25. The highest BCUT2D eigenvalue weighted by Crippen LogP contribution is 2.29. The Morgan fingerprint density at radius 2 is 1.61 bits per heavy atom. The van der Waals surface area contributed by atoms with Gasteiger partial charge in [0.05, 0.1) is 0 Å². The van der Waals surface area contributed by atoms with Crippen LogP contribution in [-0.2, 0) is 4.79 Å². The topological polar surface area (TPSA) is 55.8 Å². The summed E-state index contributed by atoms with van der Waals surface area (Å²) in [6.07, 6.45) is 4.09. The second-order valence-corrected chi connectivity index (χ2v) is 7.52. The van der Waals surface area contributed by atoms with Crippen molar-refractivity contribution in [2.45, 2.75) is 38.9 Å². The number of hydrogen-bond acceptors (Lipinski definition) is 3. The first-order chi connectivity index (χ1) is 14.9. The lowest BCUT2D eigenvalue weighted by Gasteiger charge is -2.25. The zero-order chi connectivity index (χ0) is 22.3. The monoisotopic (exact) mass is 416 g/mol. The van der Waals surface area contributed by atoms with Gasteiger partial charge in [-0.1, -0.05) is 61.5 Å². The minimum Gasteiger partial charge on any atom is -0.482 e. The Balaban J connectivity index is 1.79. The van der Waals surface area contributed by atoms with E-state index in [1.54, 1.807) is 38.1 Å². The molecule has 0 aromatic heterocycles. The minimum absolute atomic E-state index is 0.250. The normalized spacial score (nSPS) is 14.0. The summed E-state index contributed by atoms with van der Waals surface area (Å²) in [5.74, 6) is 0.184. The summed E-state index contributed by atoms with van der Waals surface area (Å²) < 4.78 is 11.9. The molecule has 0 spiro atoms. The largest absolute Gasteiger partial charge is 0.482 e. The molecule has 0 amide bonds. The van der Waals surface area contributed by atoms with E-state index in [1.807, 2.05) is 49.4 Å². The maximum absolute atomic E-state index is 11.5. The fourth-order valence-electron chi connectivity index (χ4n) is 3.18. The third-order valence-corrected chi connectivity index (χ3v) is 5.25. The van der Waals surface area contributed by atoms with Crippen molar-refractivity contribution in [2.75, 3.05) is 0 Å². The summed E-state index contributed by atoms with van der Waals surface area (Å²) in [5, 5.41) is 9.40. The van der Waals surface area contributed by atoms with Gasteiger partial charge in [-0.2, -0.15) is 0 Å². The van der Waals surface area contributed by atoms with Gasteiger partial charge in [0, 0.05) is 0 Å². The number of carboxylic acids is 1. The van der Waals surface area contributed by atoms with Gasteiger partial charge < -0.3 is 14.6 Å². The molecule has 3 rings (SSSR count). The molecule has 4 nitrogen and oxygen atoms in total. The Bertz CT molecular complexity index is 1020. The molecule has 1 N–H and O–H groups in total. The van der Waals surface area contributed by atoms with Crippen molar-refractivity contribution in [3.05, 3.63) is 96.6 Å². The van der Waals surface area contributed by atoms with Crippen LogP contribution in [0.3, 0.4) is 0 Å². The lowest BCUT2D eigenvalue weighted by atomic mass is 10.0. The number of aliphatic carboxylic acids is 1. The van der Waals surface area contributed by atoms with E-state index in [0.29, 0.717) is 17.9 Å². The molecule has 31 heavy (non-hydrogen) atoms. The molecule has 0 saturated heterocycles. The van der Waals surface area contributed by atoms with Gasteiger partial charge in [0.25, 0.3) is 0 Å². The quantitative estimate of drug-likeness (QED) is 0.395. The SMILES string of the molecule is CC=CC(Oc1ccc(OC(C)(CC)C(=O)O)cc1)c1cccc(-c2ccccc2)c1. The fraction of sp³-hybridized carbons (Fsp3) is 0.222. The maximum atomic E-state index is 11.5. The molecule has 0 saturated carbocycles. The molecule has 0 radical (unpaired) electrons. The van der Waals surface area contributed by atoms with E-state index in [4.69, 9.17) is 9.47 Å². The van der Waals surface area contributed by atoms with Crippen molar-refractivity contribution >= 4 is 5.97 Å². The van der Waals surface area contributed by atoms with Crippen LogP contribution in [-0.4, -0.2) is 16.7 Å². The van der Waals surface area contributed by atoms with Gasteiger partial charge in [0.2, 0.25) is 5.60 Å². The summed E-state index contributed by atoms with van der Waals surface area (Å²) in [6, 6.07) is 25.6. The van der Waals surface area contributed by atoms with E-state index in [1.165, 1.54) is 0 Å². The first-order valence-corrected chi connectivity index (χ1v) is 10.4. The van der Waals surface area contributed by atoms with Crippen LogP contribution < -0.4 is 9.47 Å². The van der Waals surface area contributed by atoms with Gasteiger partial charge in [0.15, 0.2) is 0 Å². The summed E-state index contributed by atoms with van der Waals surface area (Å²) in [7, 11) is 0. The highest BCUT2D eigenvalue weighted by Gasteiger charge is 2.33. The number of hydrogen-bond donors (Lipinski definition) is 1. The number of rotatable bonds is 9. The van der Waals surface area contributed by atoms with Gasteiger partial charge in [-0.05, 0) is 73.4 Å². The zero-order valence-electron chi connectivity index (χ0n) is 18.1. The summed E-state index contributed by atoms with van der Waals surface area (Å²) >= 11 is 0. The van der Waals surface area contributed by atoms with Crippen molar-refractivity contribution in [3.63, 3.8) is 0 Å². The summed E-state index contributed by atoms with van der Waals surface area (Å²) in [4.78, 5) is 11.5. The maximum Gasteiger partial charge on any atom is 0.347 e. The van der Waals surface area contributed by atoms with E-state index in [2.05, 4.69) is 24.3 Å². The van der Waals surface area contributed by atoms with Gasteiger partial charge in [-0.3, -0.25) is 0 Å². The molecule has 3 aromatic rings. The summed E-state index contributed by atoms with van der Waals surface area (Å²) in [5.41, 5.74) is 2.08. The predicted molar refractivity (Wildman–Crippen MR) is 123 cm³/mol. The molecule has 0 aliphatic carbocycles. The molecule has 0 aliphatic heterocycles. The van der Waals surface area contributed by atoms with Crippen LogP contribution in [0.4, 0.5) is 0 Å². The Labute approximate surface area is 183 Å². The second kappa shape index (κ2) is 9.98. The van der Waals surface area contributed by atoms with Crippen LogP contribution in [0, 0.1) is 0 Å². The van der Waals surface area contributed by atoms with Crippen LogP contribution in [0.1, 0.15) is 38.9 Å². The Kier molecular flexibility index (Phi) is 7.14. The van der Waals surface area contributed by atoms with Crippen LogP contribution in [0.15, 0.2) is 91.0 Å². The zero-order valence-corrected chi connectivity index (χ0v) is 18.1. The number of benzene rings is 3. The Hall–Kier alpha value is -3.53. The lowest BCUT2D eigenvalue weighted by Crippen LogP contribution is -2.40. The van der Waals surface area contributed by atoms with Gasteiger partial charge in [-0.25, -0.2) is 4.79 Å². The second-order valence-electron chi connectivity index (χ2n) is 7.52. The Morgan fingerprint density at radius 3 is 2.23 bits per heavy atom. The molecule has 2 unspecified atom stereocenters. The molecule has 0 bridgehead atoms. The van der Waals surface area contributed by atoms with Crippen molar-refractivity contribution < 1.29 is 19.4 Å². The van der Waals surface area contributed by atoms with Crippen molar-refractivity contribution in [1.29, 1.82) is 0 Å². The van der Waals surface area contributed by atoms with Crippen LogP contribution >= 0.6 is 0 Å². The molecular formula is C27H28O4. The predicted octanol–water partition coefficient (Wildman–Crippen LogP) is 6.68. The molecule has 3 aromatic carbocycles. The van der Waals surface area contributed by atoms with Crippen LogP contribution in [0.25, 0.3) is 11.1 Å². The molecule has 4 heteroatoms. The molecule has 0 heterocycles. The smallest absolute Gasteiger partial charge is 0.347 e. The summed E-state index contributed by atoms with van der Waals surface area (Å²) in [6.45, 7) is 5.32. The average Bonchev–Trinajstić information content (AvgIpc) is 2.80. The highest BCUT2D eigenvalue weighted by molar-refractivity contribution is 5.77. The van der Waals surface area contributed by atoms with E-state index in [0.717, 1.165) is 16.7 Å². The first-order valence-electron chi connectivity index (χ1n) is 10.4. The van der Waals surface area contributed by atoms with Crippen molar-refractivity contribution in [1.82, 2.24) is 0 Å². The average molecular weight is 417 g/mol. The molecule has 2 atom stereocenters. The molecular weight excluding hydrogens is 388 g/mol. The van der Waals surface area contributed by atoms with E-state index in [-0.39, 0.29) is 6.10 Å². The Morgan fingerprint density at radius 1 is 0.968 bits per heavy atom. The minimum atomic E-state index is -1.26. The van der Waals surface area contributed by atoms with E-state index in [9.17, 15) is 9.90 Å². The lowest BCUT2D eigenvalue weighted by molar-refractivity contribution is -0.154. The van der Waals surface area contributed by atoms with Gasteiger partial charge in [0.1, 0.15) is 17.6 Å². The number of allylic oxidation sites excluding steroid dienone is 1. The van der Waals surface area contributed by atoms with E-state index >= 15 is 0 Å². The fourth-order valence-corrected chi connectivity index (χ4v) is 3.18. The molecule has 160 valence electrons. The number of carbonyl (C=O) groups is 1. The van der Waals surface area contributed by atoms with Gasteiger partial charge in [-0.15, -0.1) is 0 Å². The van der Waals surface area contributed by atoms with E-state index < -0.39 is 11.6 Å². The number of ether oxygens (including phenoxy) is 2. The molecule has 0 fully saturated rings. The standard InChI is InChI=1S/C27H28O4/c1-4-10-25(22-14-9-13-21(19-22)20-11-7-6-8-12-20)30-23-15-17-24(18-16-23)31-27(3,5-2)26(28)29/h4,6-19,25H,5H2,1-3H3,(H,28,29). The molecule has 0 aliphatic rings. The highest BCUT2D eigenvalue weighted by atomic mass is 16.5. The van der Waals surface area contributed by atoms with Crippen molar-refractivity contribution in [3.8, 4) is 22.6 Å². The third kappa shape index (κ3) is 5.54. The number of carboxylic acid groups (broad SMARTS) is 1.